The molecule has 2 unspecified atom stereocenters. The lowest BCUT2D eigenvalue weighted by Crippen LogP contribution is -2.47. The van der Waals surface area contributed by atoms with Crippen LogP contribution in [0.25, 0.3) is 0 Å². The summed E-state index contributed by atoms with van der Waals surface area (Å²) in [5.74, 6) is 1.64. The normalized spacial score (nSPS) is 32.9. The first kappa shape index (κ1) is 10.2. The highest BCUT2D eigenvalue weighted by molar-refractivity contribution is 7.80. The van der Waals surface area contributed by atoms with Gasteiger partial charge in [-0.15, -0.1) is 0 Å². The van der Waals surface area contributed by atoms with Crippen LogP contribution < -0.4 is 5.32 Å². The molecular weight excluding hydrogens is 192 g/mol. The van der Waals surface area contributed by atoms with Gasteiger partial charge in [0.25, 0.3) is 0 Å². The molecule has 2 aliphatic rings. The Kier molecular flexibility index (Phi) is 2.96. The third kappa shape index (κ3) is 2.38. The Balaban J connectivity index is 1.82. The lowest BCUT2D eigenvalue weighted by atomic mass is 9.89. The van der Waals surface area contributed by atoms with Gasteiger partial charge in [0.1, 0.15) is 0 Å². The maximum absolute atomic E-state index is 5.40. The second kappa shape index (κ2) is 4.05. The molecule has 0 amide bonds. The van der Waals surface area contributed by atoms with E-state index in [0.717, 1.165) is 30.0 Å². The molecule has 1 aliphatic heterocycles. The standard InChI is InChI=1S/C11H20N2S/c1-8-5-6-13(7-9(8)2)11(14)12-10-3-4-10/h8-10H,3-7H2,1-2H3,(H,12,14). The average Bonchev–Trinajstić information content (AvgIpc) is 2.93. The van der Waals surface area contributed by atoms with Crippen LogP contribution in [-0.4, -0.2) is 29.1 Å². The fourth-order valence-corrected chi connectivity index (χ4v) is 2.27. The lowest BCUT2D eigenvalue weighted by molar-refractivity contribution is 0.203. The zero-order valence-electron chi connectivity index (χ0n) is 9.12. The number of thiocarbonyl (C=S) groups is 1. The number of rotatable bonds is 1. The van der Waals surface area contributed by atoms with Crippen molar-refractivity contribution < 1.29 is 0 Å². The van der Waals surface area contributed by atoms with Crippen molar-refractivity contribution in [3.63, 3.8) is 0 Å². The van der Waals surface area contributed by atoms with Crippen LogP contribution in [0.2, 0.25) is 0 Å². The lowest BCUT2D eigenvalue weighted by Gasteiger charge is -2.36. The van der Waals surface area contributed by atoms with Crippen molar-refractivity contribution in [2.45, 2.75) is 39.2 Å². The molecule has 2 rings (SSSR count). The van der Waals surface area contributed by atoms with E-state index < -0.39 is 0 Å². The molecule has 2 fully saturated rings. The first-order valence-corrected chi connectivity index (χ1v) is 6.13. The van der Waals surface area contributed by atoms with Gasteiger partial charge in [0, 0.05) is 19.1 Å². The fourth-order valence-electron chi connectivity index (χ4n) is 1.94. The average molecular weight is 212 g/mol. The van der Waals surface area contributed by atoms with Gasteiger partial charge in [-0.05, 0) is 43.3 Å². The van der Waals surface area contributed by atoms with Crippen LogP contribution in [0.4, 0.5) is 0 Å². The number of nitrogens with one attached hydrogen (secondary N) is 1. The molecule has 3 heteroatoms. The van der Waals surface area contributed by atoms with E-state index in [2.05, 4.69) is 24.1 Å². The van der Waals surface area contributed by atoms with Crippen LogP contribution in [-0.2, 0) is 0 Å². The molecule has 1 heterocycles. The van der Waals surface area contributed by atoms with Crippen LogP contribution in [0, 0.1) is 11.8 Å². The summed E-state index contributed by atoms with van der Waals surface area (Å²) in [5.41, 5.74) is 0. The summed E-state index contributed by atoms with van der Waals surface area (Å²) < 4.78 is 0. The van der Waals surface area contributed by atoms with Crippen LogP contribution in [0.3, 0.4) is 0 Å². The maximum Gasteiger partial charge on any atom is 0.169 e. The zero-order valence-corrected chi connectivity index (χ0v) is 9.94. The van der Waals surface area contributed by atoms with E-state index in [0.29, 0.717) is 6.04 Å². The maximum atomic E-state index is 5.40. The molecule has 0 bridgehead atoms. The van der Waals surface area contributed by atoms with E-state index in [4.69, 9.17) is 12.2 Å². The number of hydrogen-bond acceptors (Lipinski definition) is 1. The zero-order chi connectivity index (χ0) is 10.1. The Hall–Kier alpha value is -0.310. The Labute approximate surface area is 92.0 Å². The van der Waals surface area contributed by atoms with Gasteiger partial charge in [0.05, 0.1) is 0 Å². The van der Waals surface area contributed by atoms with E-state index in [1.165, 1.54) is 19.3 Å². The molecule has 0 aromatic rings. The highest BCUT2D eigenvalue weighted by Crippen LogP contribution is 2.24. The molecule has 2 nitrogen and oxygen atoms in total. The predicted octanol–water partition coefficient (Wildman–Crippen LogP) is 2.00. The predicted molar refractivity (Wildman–Crippen MR) is 63.3 cm³/mol. The molecule has 0 radical (unpaired) electrons. The van der Waals surface area contributed by atoms with Gasteiger partial charge in [-0.25, -0.2) is 0 Å². The van der Waals surface area contributed by atoms with Gasteiger partial charge in [-0.2, -0.15) is 0 Å². The van der Waals surface area contributed by atoms with E-state index in [-0.39, 0.29) is 0 Å². The topological polar surface area (TPSA) is 15.3 Å². The Morgan fingerprint density at radius 1 is 1.21 bits per heavy atom. The summed E-state index contributed by atoms with van der Waals surface area (Å²) in [6.45, 7) is 6.96. The van der Waals surface area contributed by atoms with Crippen molar-refractivity contribution >= 4 is 17.3 Å². The van der Waals surface area contributed by atoms with Crippen molar-refractivity contribution in [1.82, 2.24) is 10.2 Å². The van der Waals surface area contributed by atoms with E-state index in [1.807, 2.05) is 0 Å². The molecule has 1 N–H and O–H groups in total. The first-order chi connectivity index (χ1) is 6.66. The molecule has 1 saturated heterocycles. The van der Waals surface area contributed by atoms with Gasteiger partial charge in [0.2, 0.25) is 0 Å². The van der Waals surface area contributed by atoms with E-state index >= 15 is 0 Å². The van der Waals surface area contributed by atoms with Crippen LogP contribution in [0.15, 0.2) is 0 Å². The molecule has 80 valence electrons. The van der Waals surface area contributed by atoms with Crippen LogP contribution >= 0.6 is 12.2 Å². The van der Waals surface area contributed by atoms with Gasteiger partial charge < -0.3 is 10.2 Å². The number of likely N-dealkylation sites (tertiary alicyclic amines) is 1. The third-order valence-electron chi connectivity index (χ3n) is 3.53. The highest BCUT2D eigenvalue weighted by atomic mass is 32.1. The molecule has 0 aromatic carbocycles. The Morgan fingerprint density at radius 2 is 1.93 bits per heavy atom. The molecule has 1 aliphatic carbocycles. The van der Waals surface area contributed by atoms with Gasteiger partial charge in [0.15, 0.2) is 5.11 Å². The van der Waals surface area contributed by atoms with Gasteiger partial charge >= 0.3 is 0 Å². The summed E-state index contributed by atoms with van der Waals surface area (Å²) in [4.78, 5) is 2.35. The molecule has 14 heavy (non-hydrogen) atoms. The number of hydrogen-bond donors (Lipinski definition) is 1. The number of piperidine rings is 1. The molecule has 0 spiro atoms. The largest absolute Gasteiger partial charge is 0.360 e. The quantitative estimate of drug-likeness (QED) is 0.669. The fraction of sp³-hybridized carbons (Fsp3) is 0.909. The summed E-state index contributed by atoms with van der Waals surface area (Å²) in [5, 5.41) is 4.41. The van der Waals surface area contributed by atoms with Crippen molar-refractivity contribution in [1.29, 1.82) is 0 Å². The van der Waals surface area contributed by atoms with Crippen molar-refractivity contribution in [2.24, 2.45) is 11.8 Å². The summed E-state index contributed by atoms with van der Waals surface area (Å²) >= 11 is 5.40. The van der Waals surface area contributed by atoms with Crippen LogP contribution in [0.1, 0.15) is 33.1 Å². The van der Waals surface area contributed by atoms with E-state index in [1.54, 1.807) is 0 Å². The Morgan fingerprint density at radius 3 is 2.50 bits per heavy atom. The van der Waals surface area contributed by atoms with Gasteiger partial charge in [-0.3, -0.25) is 0 Å². The summed E-state index contributed by atoms with van der Waals surface area (Å²) in [7, 11) is 0. The summed E-state index contributed by atoms with van der Waals surface area (Å²) in [6.07, 6.45) is 3.90. The summed E-state index contributed by atoms with van der Waals surface area (Å²) in [6, 6.07) is 0.692. The minimum Gasteiger partial charge on any atom is -0.360 e. The molecular formula is C11H20N2S. The molecule has 0 aromatic heterocycles. The Bertz CT molecular complexity index is 225. The van der Waals surface area contributed by atoms with E-state index in [9.17, 15) is 0 Å². The van der Waals surface area contributed by atoms with Crippen molar-refractivity contribution in [3.8, 4) is 0 Å². The smallest absolute Gasteiger partial charge is 0.169 e. The monoisotopic (exact) mass is 212 g/mol. The first-order valence-electron chi connectivity index (χ1n) is 5.72. The molecule has 1 saturated carbocycles. The number of nitrogens with zero attached hydrogens (tertiary/aromatic N) is 1. The highest BCUT2D eigenvalue weighted by Gasteiger charge is 2.27. The van der Waals surface area contributed by atoms with Crippen LogP contribution in [0.5, 0.6) is 0 Å². The SMILES string of the molecule is CC1CCN(C(=S)NC2CC2)CC1C. The van der Waals surface area contributed by atoms with Crippen molar-refractivity contribution in [3.05, 3.63) is 0 Å². The molecule has 2 atom stereocenters. The minimum absolute atomic E-state index is 0.692. The van der Waals surface area contributed by atoms with Crippen molar-refractivity contribution in [2.75, 3.05) is 13.1 Å². The second-order valence-corrected chi connectivity index (χ2v) is 5.30. The third-order valence-corrected chi connectivity index (χ3v) is 3.90. The minimum atomic E-state index is 0.692. The second-order valence-electron chi connectivity index (χ2n) is 4.91. The van der Waals surface area contributed by atoms with Gasteiger partial charge in [-0.1, -0.05) is 13.8 Å².